The zero-order valence-electron chi connectivity index (χ0n) is 20.6. The molecule has 1 aliphatic heterocycles. The van der Waals surface area contributed by atoms with Gasteiger partial charge in [-0.25, -0.2) is 14.5 Å². The number of methoxy groups -OCH3 is 2. The van der Waals surface area contributed by atoms with Crippen molar-refractivity contribution in [3.63, 3.8) is 0 Å². The van der Waals surface area contributed by atoms with Gasteiger partial charge in [0.2, 0.25) is 5.88 Å². The molecule has 190 valence electrons. The lowest BCUT2D eigenvalue weighted by atomic mass is 9.83. The summed E-state index contributed by atoms with van der Waals surface area (Å²) in [5, 5.41) is 18.7. The second kappa shape index (κ2) is 9.74. The van der Waals surface area contributed by atoms with Crippen LogP contribution in [0.1, 0.15) is 34.0 Å². The van der Waals surface area contributed by atoms with Gasteiger partial charge in [0.1, 0.15) is 17.8 Å². The molecule has 6 rings (SSSR count). The molecule has 0 saturated carbocycles. The minimum atomic E-state index is -0.334. The fraction of sp³-hybridized carbons (Fsp3) is 0.143. The van der Waals surface area contributed by atoms with Crippen LogP contribution in [0, 0.1) is 0 Å². The number of ether oxygens (including phenoxy) is 3. The molecule has 10 heteroatoms. The molecule has 0 radical (unpaired) electrons. The van der Waals surface area contributed by atoms with Crippen molar-refractivity contribution in [2.24, 2.45) is 5.16 Å². The van der Waals surface area contributed by atoms with Crippen molar-refractivity contribution >= 4 is 11.9 Å². The van der Waals surface area contributed by atoms with E-state index in [0.29, 0.717) is 34.6 Å². The lowest BCUT2D eigenvalue weighted by Gasteiger charge is -2.28. The molecule has 1 N–H and O–H groups in total. The third-order valence-corrected chi connectivity index (χ3v) is 6.24. The van der Waals surface area contributed by atoms with Gasteiger partial charge in [0.15, 0.2) is 29.6 Å². The number of benzene rings is 3. The van der Waals surface area contributed by atoms with Crippen molar-refractivity contribution in [3.05, 3.63) is 101 Å². The predicted octanol–water partition coefficient (Wildman–Crippen LogP) is 4.68. The molecule has 3 aromatic carbocycles. The van der Waals surface area contributed by atoms with Crippen molar-refractivity contribution in [2.45, 2.75) is 12.5 Å². The first-order valence-electron chi connectivity index (χ1n) is 11.8. The van der Waals surface area contributed by atoms with E-state index < -0.39 is 0 Å². The van der Waals surface area contributed by atoms with Gasteiger partial charge in [-0.3, -0.25) is 0 Å². The van der Waals surface area contributed by atoms with Gasteiger partial charge in [0.05, 0.1) is 26.0 Å². The van der Waals surface area contributed by atoms with Crippen LogP contribution >= 0.6 is 0 Å². The Kier molecular flexibility index (Phi) is 5.97. The smallest absolute Gasteiger partial charge is 0.228 e. The summed E-state index contributed by atoms with van der Waals surface area (Å²) >= 11 is 0. The fourth-order valence-electron chi connectivity index (χ4n) is 4.52. The Balaban J connectivity index is 1.41. The minimum Gasteiger partial charge on any atom is -0.508 e. The Labute approximate surface area is 217 Å². The van der Waals surface area contributed by atoms with E-state index in [1.165, 1.54) is 6.33 Å². The number of rotatable bonds is 7. The van der Waals surface area contributed by atoms with E-state index in [-0.39, 0.29) is 18.3 Å². The third-order valence-electron chi connectivity index (χ3n) is 6.24. The number of aromatic nitrogens is 4. The van der Waals surface area contributed by atoms with Crippen LogP contribution in [0.2, 0.25) is 0 Å². The van der Waals surface area contributed by atoms with Gasteiger partial charge in [0.25, 0.3) is 0 Å². The average molecular weight is 510 g/mol. The van der Waals surface area contributed by atoms with E-state index >= 15 is 0 Å². The molecule has 1 unspecified atom stereocenters. The van der Waals surface area contributed by atoms with Crippen LogP contribution in [0.4, 0.5) is 0 Å². The van der Waals surface area contributed by atoms with E-state index in [9.17, 15) is 5.11 Å². The summed E-state index contributed by atoms with van der Waals surface area (Å²) in [6, 6.07) is 20.4. The number of fused-ring (bicyclic) bond motifs is 4. The lowest BCUT2D eigenvalue weighted by Crippen LogP contribution is -2.15. The lowest BCUT2D eigenvalue weighted by molar-refractivity contribution is 0.126. The van der Waals surface area contributed by atoms with Crippen LogP contribution in [0.3, 0.4) is 0 Å². The maximum Gasteiger partial charge on any atom is 0.228 e. The summed E-state index contributed by atoms with van der Waals surface area (Å²) in [5.41, 5.74) is 3.96. The number of hydrogen-bond acceptors (Lipinski definition) is 9. The normalized spacial score (nSPS) is 14.1. The number of hydrogen-bond donors (Lipinski definition) is 1. The SMILES string of the molecule is COc1ccc(C2c3ccc(O)cc3Oc3ncn4nc(CON=Cc5ccccc5)nc4c32)cc1OC. The van der Waals surface area contributed by atoms with Crippen LogP contribution in [-0.4, -0.2) is 45.1 Å². The number of aromatic hydroxyl groups is 1. The molecular weight excluding hydrogens is 486 g/mol. The van der Waals surface area contributed by atoms with Crippen molar-refractivity contribution < 1.29 is 24.2 Å². The largest absolute Gasteiger partial charge is 0.508 e. The standard InChI is InChI=1S/C28H23N5O5/c1-35-21-11-8-18(12-23(21)36-2)25-20-10-9-19(34)13-22(20)38-28-26(25)27-31-24(32-33(27)16-29-28)15-37-30-14-17-6-4-3-5-7-17/h3-14,16,25,34H,15H2,1-2H3. The molecule has 2 aromatic heterocycles. The van der Waals surface area contributed by atoms with Gasteiger partial charge in [-0.2, -0.15) is 0 Å². The summed E-state index contributed by atoms with van der Waals surface area (Å²) < 4.78 is 18.7. The first kappa shape index (κ1) is 23.3. The monoisotopic (exact) mass is 509 g/mol. The summed E-state index contributed by atoms with van der Waals surface area (Å²) in [6.07, 6.45) is 3.17. The molecule has 5 aromatic rings. The van der Waals surface area contributed by atoms with Crippen molar-refractivity contribution in [2.75, 3.05) is 14.2 Å². The van der Waals surface area contributed by atoms with E-state index in [0.717, 1.165) is 22.3 Å². The Morgan fingerprint density at radius 1 is 1.03 bits per heavy atom. The van der Waals surface area contributed by atoms with Gasteiger partial charge in [-0.1, -0.05) is 47.6 Å². The summed E-state index contributed by atoms with van der Waals surface area (Å²) in [4.78, 5) is 14.7. The molecule has 0 amide bonds. The third kappa shape index (κ3) is 4.21. The molecule has 3 heterocycles. The molecule has 0 saturated heterocycles. The first-order valence-corrected chi connectivity index (χ1v) is 11.8. The molecule has 1 aliphatic rings. The van der Waals surface area contributed by atoms with Crippen LogP contribution < -0.4 is 14.2 Å². The average Bonchev–Trinajstić information content (AvgIpc) is 3.37. The minimum absolute atomic E-state index is 0.0755. The van der Waals surface area contributed by atoms with Crippen LogP contribution in [0.15, 0.2) is 78.2 Å². The number of oxime groups is 1. The highest BCUT2D eigenvalue weighted by molar-refractivity contribution is 5.78. The van der Waals surface area contributed by atoms with E-state index in [1.807, 2.05) is 54.6 Å². The fourth-order valence-corrected chi connectivity index (χ4v) is 4.52. The molecule has 0 spiro atoms. The van der Waals surface area contributed by atoms with E-state index in [1.54, 1.807) is 37.1 Å². The Morgan fingerprint density at radius 3 is 2.68 bits per heavy atom. The van der Waals surface area contributed by atoms with Crippen molar-refractivity contribution in [1.82, 2.24) is 19.6 Å². The molecule has 38 heavy (non-hydrogen) atoms. The molecule has 0 bridgehead atoms. The predicted molar refractivity (Wildman–Crippen MR) is 138 cm³/mol. The van der Waals surface area contributed by atoms with E-state index in [4.69, 9.17) is 24.0 Å². The molecular formula is C28H23N5O5. The van der Waals surface area contributed by atoms with E-state index in [2.05, 4.69) is 15.2 Å². The summed E-state index contributed by atoms with van der Waals surface area (Å²) in [7, 11) is 3.19. The number of nitrogens with zero attached hydrogens (tertiary/aromatic N) is 5. The number of phenols is 1. The van der Waals surface area contributed by atoms with Crippen LogP contribution in [0.5, 0.6) is 28.9 Å². The quantitative estimate of drug-likeness (QED) is 0.244. The molecule has 10 nitrogen and oxygen atoms in total. The molecule has 1 atom stereocenters. The van der Waals surface area contributed by atoms with Gasteiger partial charge in [-0.15, -0.1) is 5.10 Å². The highest BCUT2D eigenvalue weighted by atomic mass is 16.6. The molecule has 0 fully saturated rings. The van der Waals surface area contributed by atoms with Gasteiger partial charge in [-0.05, 0) is 29.3 Å². The highest BCUT2D eigenvalue weighted by Crippen LogP contribution is 2.49. The summed E-state index contributed by atoms with van der Waals surface area (Å²) in [5.74, 6) is 2.28. The topological polar surface area (TPSA) is 113 Å². The van der Waals surface area contributed by atoms with Gasteiger partial charge < -0.3 is 24.2 Å². The summed E-state index contributed by atoms with van der Waals surface area (Å²) in [6.45, 7) is 0.0755. The number of phenolic OH excluding ortho intramolecular Hbond substituents is 1. The van der Waals surface area contributed by atoms with Crippen molar-refractivity contribution in [1.29, 1.82) is 0 Å². The van der Waals surface area contributed by atoms with Gasteiger partial charge in [0, 0.05) is 17.5 Å². The Hall–Kier alpha value is -5.12. The van der Waals surface area contributed by atoms with Crippen LogP contribution in [-0.2, 0) is 11.4 Å². The molecule has 0 aliphatic carbocycles. The Bertz CT molecular complexity index is 1650. The van der Waals surface area contributed by atoms with Crippen LogP contribution in [0.25, 0.3) is 5.65 Å². The first-order chi connectivity index (χ1) is 18.6. The maximum absolute atomic E-state index is 10.1. The van der Waals surface area contributed by atoms with Gasteiger partial charge >= 0.3 is 0 Å². The zero-order chi connectivity index (χ0) is 26.1. The second-order valence-electron chi connectivity index (χ2n) is 8.55. The van der Waals surface area contributed by atoms with Crippen molar-refractivity contribution in [3.8, 4) is 28.9 Å². The second-order valence-corrected chi connectivity index (χ2v) is 8.55. The highest BCUT2D eigenvalue weighted by Gasteiger charge is 2.34. The Morgan fingerprint density at radius 2 is 1.87 bits per heavy atom. The zero-order valence-corrected chi connectivity index (χ0v) is 20.6. The maximum atomic E-state index is 10.1.